The van der Waals surface area contributed by atoms with Gasteiger partial charge in [-0.2, -0.15) is 0 Å². The summed E-state index contributed by atoms with van der Waals surface area (Å²) in [6.45, 7) is 17.6. The Morgan fingerprint density at radius 3 is 1.29 bits per heavy atom. The fraction of sp³-hybridized carbons (Fsp3) is 1.00. The molecule has 0 saturated carbocycles. The van der Waals surface area contributed by atoms with Crippen molar-refractivity contribution in [3.63, 3.8) is 0 Å². The van der Waals surface area contributed by atoms with Crippen LogP contribution >= 0.6 is 0 Å². The summed E-state index contributed by atoms with van der Waals surface area (Å²) in [5.74, 6) is -0.425. The molecule has 0 N–H and O–H groups in total. The number of hydrogen-bond donors (Lipinski definition) is 0. The summed E-state index contributed by atoms with van der Waals surface area (Å²) >= 11 is 0. The smallest absolute Gasteiger partial charge is 0.163 e. The topological polar surface area (TPSA) is 18.5 Å². The van der Waals surface area contributed by atoms with Crippen LogP contribution in [0.2, 0.25) is 0 Å². The lowest BCUT2D eigenvalue weighted by molar-refractivity contribution is -0.150. The van der Waals surface area contributed by atoms with Gasteiger partial charge in [-0.3, -0.25) is 0 Å². The van der Waals surface area contributed by atoms with Crippen molar-refractivity contribution in [2.75, 3.05) is 0 Å². The van der Waals surface area contributed by atoms with E-state index in [4.69, 9.17) is 9.47 Å². The predicted molar refractivity (Wildman–Crippen MR) is 72.0 cm³/mol. The van der Waals surface area contributed by atoms with E-state index in [1.54, 1.807) is 0 Å². The van der Waals surface area contributed by atoms with Gasteiger partial charge < -0.3 is 9.47 Å². The van der Waals surface area contributed by atoms with E-state index in [0.717, 1.165) is 12.8 Å². The Labute approximate surface area is 107 Å². The molecule has 0 aromatic rings. The van der Waals surface area contributed by atoms with E-state index in [1.165, 1.54) is 0 Å². The molecule has 0 aliphatic carbocycles. The van der Waals surface area contributed by atoms with Crippen LogP contribution in [0.4, 0.5) is 0 Å². The van der Waals surface area contributed by atoms with Crippen LogP contribution in [0.15, 0.2) is 0 Å². The van der Waals surface area contributed by atoms with Crippen LogP contribution < -0.4 is 0 Å². The zero-order valence-electron chi connectivity index (χ0n) is 12.9. The van der Waals surface area contributed by atoms with Crippen LogP contribution in [-0.4, -0.2) is 18.0 Å². The molecule has 2 nitrogen and oxygen atoms in total. The van der Waals surface area contributed by atoms with Gasteiger partial charge in [0.25, 0.3) is 0 Å². The van der Waals surface area contributed by atoms with E-state index >= 15 is 0 Å². The Bertz CT molecular complexity index is 229. The summed E-state index contributed by atoms with van der Waals surface area (Å²) in [7, 11) is 0. The third-order valence-corrected chi connectivity index (χ3v) is 2.91. The molecule has 1 aliphatic rings. The first-order chi connectivity index (χ1) is 7.38. The second-order valence-corrected chi connectivity index (χ2v) is 8.24. The lowest BCUT2D eigenvalue weighted by Gasteiger charge is -2.29. The van der Waals surface area contributed by atoms with Gasteiger partial charge in [0.1, 0.15) is 0 Å². The summed E-state index contributed by atoms with van der Waals surface area (Å²) in [6, 6.07) is 0. The van der Waals surface area contributed by atoms with Crippen molar-refractivity contribution in [1.29, 1.82) is 0 Å². The number of ether oxygens (including phenoxy) is 2. The monoisotopic (exact) mass is 242 g/mol. The molecule has 0 bridgehead atoms. The van der Waals surface area contributed by atoms with Crippen molar-refractivity contribution in [1.82, 2.24) is 0 Å². The highest BCUT2D eigenvalue weighted by molar-refractivity contribution is 4.87. The summed E-state index contributed by atoms with van der Waals surface area (Å²) in [6.07, 6.45) is 2.56. The molecule has 1 rings (SSSR count). The number of rotatable bonds is 2. The van der Waals surface area contributed by atoms with Gasteiger partial charge in [-0.25, -0.2) is 0 Å². The minimum atomic E-state index is -0.425. The second-order valence-electron chi connectivity index (χ2n) is 8.24. The highest BCUT2D eigenvalue weighted by Gasteiger charge is 2.43. The maximum atomic E-state index is 6.06. The van der Waals surface area contributed by atoms with Crippen molar-refractivity contribution in [2.45, 2.75) is 86.2 Å². The first-order valence-electron chi connectivity index (χ1n) is 6.74. The molecule has 1 aliphatic heterocycles. The number of hydrogen-bond acceptors (Lipinski definition) is 2. The van der Waals surface area contributed by atoms with Gasteiger partial charge in [0.15, 0.2) is 5.79 Å². The average molecular weight is 242 g/mol. The molecule has 0 amide bonds. The van der Waals surface area contributed by atoms with Crippen LogP contribution in [0.5, 0.6) is 0 Å². The molecule has 0 aromatic carbocycles. The van der Waals surface area contributed by atoms with E-state index in [1.807, 2.05) is 13.8 Å². The molecule has 0 spiro atoms. The lowest BCUT2D eigenvalue weighted by Crippen LogP contribution is -2.31. The molecular weight excluding hydrogens is 212 g/mol. The van der Waals surface area contributed by atoms with Crippen LogP contribution in [0, 0.1) is 10.8 Å². The maximum absolute atomic E-state index is 6.06. The van der Waals surface area contributed by atoms with E-state index in [0.29, 0.717) is 0 Å². The molecule has 17 heavy (non-hydrogen) atoms. The van der Waals surface area contributed by atoms with Crippen molar-refractivity contribution in [2.24, 2.45) is 10.8 Å². The molecule has 0 radical (unpaired) electrons. The fourth-order valence-electron chi connectivity index (χ4n) is 2.46. The molecule has 0 aromatic heterocycles. The highest BCUT2D eigenvalue weighted by atomic mass is 16.7. The van der Waals surface area contributed by atoms with E-state index < -0.39 is 5.79 Å². The molecule has 2 heteroatoms. The predicted octanol–water partition coefficient (Wildman–Crippen LogP) is 4.38. The van der Waals surface area contributed by atoms with Crippen molar-refractivity contribution < 1.29 is 9.47 Å². The average Bonchev–Trinajstić information content (AvgIpc) is 2.17. The van der Waals surface area contributed by atoms with Gasteiger partial charge in [0.2, 0.25) is 0 Å². The van der Waals surface area contributed by atoms with Crippen molar-refractivity contribution in [3.05, 3.63) is 0 Å². The molecule has 1 unspecified atom stereocenters. The van der Waals surface area contributed by atoms with E-state index in [9.17, 15) is 0 Å². The molecule has 2 atom stereocenters. The van der Waals surface area contributed by atoms with Gasteiger partial charge >= 0.3 is 0 Å². The van der Waals surface area contributed by atoms with Crippen LogP contribution in [0.1, 0.15) is 68.2 Å². The Hall–Kier alpha value is -0.0800. The third-order valence-electron chi connectivity index (χ3n) is 2.91. The largest absolute Gasteiger partial charge is 0.345 e. The first kappa shape index (κ1) is 15.0. The Balaban J connectivity index is 2.72. The van der Waals surface area contributed by atoms with Crippen LogP contribution in [0.25, 0.3) is 0 Å². The SMILES string of the molecule is CC(C)(C)CC1OC(C)(C)O[C@@H]1CC(C)(C)C. The fourth-order valence-corrected chi connectivity index (χ4v) is 2.46. The Morgan fingerprint density at radius 2 is 1.06 bits per heavy atom. The third kappa shape index (κ3) is 5.39. The van der Waals surface area contributed by atoms with E-state index in [2.05, 4.69) is 41.5 Å². The highest BCUT2D eigenvalue weighted by Crippen LogP contribution is 2.39. The molecular formula is C15H30O2. The van der Waals surface area contributed by atoms with Gasteiger partial charge in [-0.15, -0.1) is 0 Å². The minimum absolute atomic E-state index is 0.226. The maximum Gasteiger partial charge on any atom is 0.163 e. The zero-order chi connectivity index (χ0) is 13.5. The molecule has 1 heterocycles. The Morgan fingerprint density at radius 1 is 0.765 bits per heavy atom. The first-order valence-corrected chi connectivity index (χ1v) is 6.74. The Kier molecular flexibility index (Phi) is 4.01. The lowest BCUT2D eigenvalue weighted by atomic mass is 9.82. The minimum Gasteiger partial charge on any atom is -0.345 e. The standard InChI is InChI=1S/C15H30O2/c1-13(2,3)9-11-12(10-14(4,5)6)17-15(7,8)16-11/h11-12H,9-10H2,1-8H3/t11-,12?/m1/s1. The van der Waals surface area contributed by atoms with Gasteiger partial charge in [-0.05, 0) is 37.5 Å². The van der Waals surface area contributed by atoms with E-state index in [-0.39, 0.29) is 23.0 Å². The van der Waals surface area contributed by atoms with Gasteiger partial charge in [0, 0.05) is 0 Å². The summed E-state index contributed by atoms with van der Waals surface area (Å²) in [5.41, 5.74) is 0.565. The summed E-state index contributed by atoms with van der Waals surface area (Å²) < 4.78 is 12.1. The van der Waals surface area contributed by atoms with Gasteiger partial charge in [-0.1, -0.05) is 41.5 Å². The summed E-state index contributed by atoms with van der Waals surface area (Å²) in [4.78, 5) is 0. The molecule has 1 saturated heterocycles. The zero-order valence-corrected chi connectivity index (χ0v) is 12.9. The van der Waals surface area contributed by atoms with Gasteiger partial charge in [0.05, 0.1) is 12.2 Å². The molecule has 102 valence electrons. The summed E-state index contributed by atoms with van der Waals surface area (Å²) in [5, 5.41) is 0. The van der Waals surface area contributed by atoms with Crippen molar-refractivity contribution in [3.8, 4) is 0 Å². The second kappa shape index (κ2) is 4.55. The normalized spacial score (nSPS) is 29.6. The molecule has 1 fully saturated rings. The van der Waals surface area contributed by atoms with Crippen LogP contribution in [-0.2, 0) is 9.47 Å². The van der Waals surface area contributed by atoms with Crippen LogP contribution in [0.3, 0.4) is 0 Å². The van der Waals surface area contributed by atoms with Crippen molar-refractivity contribution >= 4 is 0 Å². The quantitative estimate of drug-likeness (QED) is 0.715.